The van der Waals surface area contributed by atoms with E-state index in [0.29, 0.717) is 16.4 Å². The first kappa shape index (κ1) is 21.1. The number of ether oxygens (including phenoxy) is 1. The second kappa shape index (κ2) is 7.82. The van der Waals surface area contributed by atoms with E-state index >= 15 is 0 Å². The smallest absolute Gasteiger partial charge is 0.416 e. The fourth-order valence-corrected chi connectivity index (χ4v) is 4.21. The van der Waals surface area contributed by atoms with E-state index in [4.69, 9.17) is 4.74 Å². The van der Waals surface area contributed by atoms with Crippen LogP contribution in [0.5, 0.6) is 0 Å². The zero-order chi connectivity index (χ0) is 20.4. The van der Waals surface area contributed by atoms with Crippen molar-refractivity contribution in [2.24, 2.45) is 0 Å². The monoisotopic (exact) mass is 410 g/mol. The molecule has 1 N–H and O–H groups in total. The number of benzene rings is 1. The third-order valence-corrected chi connectivity index (χ3v) is 5.95. The molecular formula is C15H17F3N2O6S. The Balaban J connectivity index is 2.29. The molecule has 1 aliphatic rings. The van der Waals surface area contributed by atoms with Crippen molar-refractivity contribution in [2.45, 2.75) is 17.1 Å². The maximum Gasteiger partial charge on any atom is 0.416 e. The fraction of sp³-hybridized carbons (Fsp3) is 0.467. The summed E-state index contributed by atoms with van der Waals surface area (Å²) < 4.78 is 68.7. The lowest BCUT2D eigenvalue weighted by atomic mass is 10.2. The predicted octanol–water partition coefficient (Wildman–Crippen LogP) is 0.638. The van der Waals surface area contributed by atoms with Crippen molar-refractivity contribution in [3.8, 4) is 0 Å². The van der Waals surface area contributed by atoms with Crippen LogP contribution in [0.15, 0.2) is 29.2 Å². The zero-order valence-corrected chi connectivity index (χ0v) is 15.0. The summed E-state index contributed by atoms with van der Waals surface area (Å²) in [5, 5.41) is 9.38. The summed E-state index contributed by atoms with van der Waals surface area (Å²) in [6, 6.07) is 1.22. The molecule has 12 heteroatoms. The predicted molar refractivity (Wildman–Crippen MR) is 85.2 cm³/mol. The molecule has 1 atom stereocenters. The first-order chi connectivity index (χ1) is 12.5. The lowest BCUT2D eigenvalue weighted by Gasteiger charge is -2.38. The molecule has 0 radical (unpaired) electrons. The van der Waals surface area contributed by atoms with Crippen LogP contribution in [0.2, 0.25) is 0 Å². The van der Waals surface area contributed by atoms with Gasteiger partial charge in [0, 0.05) is 26.7 Å². The Morgan fingerprint density at radius 1 is 1.22 bits per heavy atom. The van der Waals surface area contributed by atoms with Gasteiger partial charge in [0.1, 0.15) is 12.6 Å². The summed E-state index contributed by atoms with van der Waals surface area (Å²) in [5.74, 6) is -1.96. The minimum absolute atomic E-state index is 0.0637. The maximum atomic E-state index is 12.7. The van der Waals surface area contributed by atoms with Crippen LogP contribution in [0.25, 0.3) is 0 Å². The number of amides is 1. The number of hydrogen-bond donors (Lipinski definition) is 1. The molecule has 0 aliphatic carbocycles. The van der Waals surface area contributed by atoms with Gasteiger partial charge in [-0.3, -0.25) is 9.59 Å². The zero-order valence-electron chi connectivity index (χ0n) is 14.1. The van der Waals surface area contributed by atoms with Crippen LogP contribution < -0.4 is 0 Å². The Morgan fingerprint density at radius 2 is 1.81 bits per heavy atom. The van der Waals surface area contributed by atoms with Crippen LogP contribution in [0.1, 0.15) is 5.56 Å². The van der Waals surface area contributed by atoms with Gasteiger partial charge in [0.05, 0.1) is 10.5 Å². The van der Waals surface area contributed by atoms with Crippen molar-refractivity contribution in [3.05, 3.63) is 29.8 Å². The minimum atomic E-state index is -4.63. The highest BCUT2D eigenvalue weighted by Gasteiger charge is 2.41. The van der Waals surface area contributed by atoms with Gasteiger partial charge in [-0.15, -0.1) is 0 Å². The highest BCUT2D eigenvalue weighted by atomic mass is 32.2. The van der Waals surface area contributed by atoms with Gasteiger partial charge in [-0.2, -0.15) is 17.5 Å². The van der Waals surface area contributed by atoms with E-state index in [1.165, 1.54) is 12.0 Å². The number of carbonyl (C=O) groups is 2. The van der Waals surface area contributed by atoms with Crippen LogP contribution in [-0.4, -0.2) is 74.0 Å². The van der Waals surface area contributed by atoms with E-state index < -0.39 is 51.1 Å². The topological polar surface area (TPSA) is 104 Å². The van der Waals surface area contributed by atoms with Gasteiger partial charge in [-0.25, -0.2) is 8.42 Å². The van der Waals surface area contributed by atoms with E-state index in [0.717, 1.165) is 12.1 Å². The highest BCUT2D eigenvalue weighted by molar-refractivity contribution is 7.89. The number of carboxylic acid groups (broad SMARTS) is 1. The lowest BCUT2D eigenvalue weighted by Crippen LogP contribution is -2.59. The third-order valence-electron chi connectivity index (χ3n) is 4.03. The summed E-state index contributed by atoms with van der Waals surface area (Å²) in [7, 11) is -3.07. The van der Waals surface area contributed by atoms with E-state index in [1.54, 1.807) is 0 Å². The van der Waals surface area contributed by atoms with Gasteiger partial charge in [0.15, 0.2) is 0 Å². The molecule has 1 heterocycles. The van der Waals surface area contributed by atoms with Crippen molar-refractivity contribution in [2.75, 3.05) is 33.4 Å². The van der Waals surface area contributed by atoms with Crippen molar-refractivity contribution < 1.29 is 41.0 Å². The Labute approximate surface area is 153 Å². The van der Waals surface area contributed by atoms with E-state index in [2.05, 4.69) is 0 Å². The quantitative estimate of drug-likeness (QED) is 0.764. The molecule has 1 saturated heterocycles. The number of sulfonamides is 1. The largest absolute Gasteiger partial charge is 0.480 e. The highest BCUT2D eigenvalue weighted by Crippen LogP contribution is 2.30. The standard InChI is InChI=1S/C15H17F3N2O6S/c1-26-9-13(21)19-6-7-20(12(8-19)14(22)23)27(24,25)11-4-2-10(3-5-11)15(16,17)18/h2-5,12H,6-9H2,1H3,(H,22,23)/t12-/m1/s1. The summed E-state index contributed by atoms with van der Waals surface area (Å²) in [6.07, 6.45) is -4.63. The number of halogens is 3. The van der Waals surface area contributed by atoms with Crippen molar-refractivity contribution >= 4 is 21.9 Å². The van der Waals surface area contributed by atoms with Gasteiger partial charge < -0.3 is 14.7 Å². The second-order valence-electron chi connectivity index (χ2n) is 5.76. The molecule has 0 bridgehead atoms. The van der Waals surface area contributed by atoms with Crippen molar-refractivity contribution in [1.82, 2.24) is 9.21 Å². The Hall–Kier alpha value is -2.18. The number of alkyl halides is 3. The number of carboxylic acids is 1. The lowest BCUT2D eigenvalue weighted by molar-refractivity contribution is -0.146. The molecule has 0 saturated carbocycles. The molecule has 0 unspecified atom stereocenters. The third kappa shape index (κ3) is 4.57. The molecule has 0 spiro atoms. The molecule has 1 aromatic rings. The van der Waals surface area contributed by atoms with Crippen LogP contribution in [-0.2, 0) is 30.5 Å². The molecular weight excluding hydrogens is 393 g/mol. The van der Waals surface area contributed by atoms with Gasteiger partial charge in [-0.1, -0.05) is 0 Å². The number of rotatable bonds is 5. The van der Waals surface area contributed by atoms with Crippen molar-refractivity contribution in [1.29, 1.82) is 0 Å². The SMILES string of the molecule is COCC(=O)N1CCN(S(=O)(=O)c2ccc(C(F)(F)F)cc2)[C@@H](C(=O)O)C1. The Bertz CT molecular complexity index is 810. The fourth-order valence-electron chi connectivity index (χ4n) is 2.65. The summed E-state index contributed by atoms with van der Waals surface area (Å²) >= 11 is 0. The first-order valence-corrected chi connectivity index (χ1v) is 9.11. The van der Waals surface area contributed by atoms with E-state index in [9.17, 15) is 36.3 Å². The number of hydrogen-bond acceptors (Lipinski definition) is 5. The number of piperazine rings is 1. The molecule has 2 rings (SSSR count). The molecule has 8 nitrogen and oxygen atoms in total. The summed E-state index contributed by atoms with van der Waals surface area (Å²) in [5.41, 5.74) is -1.02. The van der Waals surface area contributed by atoms with Crippen LogP contribution in [0.3, 0.4) is 0 Å². The van der Waals surface area contributed by atoms with Crippen molar-refractivity contribution in [3.63, 3.8) is 0 Å². The molecule has 150 valence electrons. The number of methoxy groups -OCH3 is 1. The number of carbonyl (C=O) groups excluding carboxylic acids is 1. The Kier molecular flexibility index (Phi) is 6.12. The summed E-state index contributed by atoms with van der Waals surface area (Å²) in [4.78, 5) is 24.1. The molecule has 1 fully saturated rings. The Morgan fingerprint density at radius 3 is 2.30 bits per heavy atom. The molecule has 1 amide bonds. The normalized spacial score (nSPS) is 19.1. The van der Waals surface area contributed by atoms with Gasteiger partial charge in [0.2, 0.25) is 15.9 Å². The number of nitrogens with zero attached hydrogens (tertiary/aromatic N) is 2. The molecule has 27 heavy (non-hydrogen) atoms. The molecule has 0 aromatic heterocycles. The van der Waals surface area contributed by atoms with Gasteiger partial charge >= 0.3 is 12.1 Å². The minimum Gasteiger partial charge on any atom is -0.480 e. The van der Waals surface area contributed by atoms with Crippen LogP contribution in [0, 0.1) is 0 Å². The summed E-state index contributed by atoms with van der Waals surface area (Å²) in [6.45, 7) is -1.04. The van der Waals surface area contributed by atoms with Gasteiger partial charge in [-0.05, 0) is 24.3 Å². The van der Waals surface area contributed by atoms with E-state index in [1.807, 2.05) is 0 Å². The maximum absolute atomic E-state index is 12.7. The molecule has 1 aliphatic heterocycles. The van der Waals surface area contributed by atoms with Crippen LogP contribution >= 0.6 is 0 Å². The number of aliphatic carboxylic acids is 1. The second-order valence-corrected chi connectivity index (χ2v) is 7.66. The first-order valence-electron chi connectivity index (χ1n) is 7.67. The van der Waals surface area contributed by atoms with E-state index in [-0.39, 0.29) is 19.7 Å². The average Bonchev–Trinajstić information content (AvgIpc) is 2.60. The van der Waals surface area contributed by atoms with Gasteiger partial charge in [0.25, 0.3) is 0 Å². The van der Waals surface area contributed by atoms with Crippen LogP contribution in [0.4, 0.5) is 13.2 Å². The molecule has 1 aromatic carbocycles. The average molecular weight is 410 g/mol.